The third-order valence-corrected chi connectivity index (χ3v) is 6.19. The summed E-state index contributed by atoms with van der Waals surface area (Å²) in [7, 11) is 0. The molecule has 0 bridgehead atoms. The van der Waals surface area contributed by atoms with E-state index >= 15 is 0 Å². The Morgan fingerprint density at radius 1 is 1.00 bits per heavy atom. The number of pyridine rings is 1. The Labute approximate surface area is 187 Å². The number of amides is 1. The molecule has 0 spiro atoms. The summed E-state index contributed by atoms with van der Waals surface area (Å²) in [5, 5.41) is 4.46. The lowest BCUT2D eigenvalue weighted by Crippen LogP contribution is -2.38. The Hall–Kier alpha value is -3.74. The molecule has 4 heterocycles. The smallest absolute Gasteiger partial charge is 0.257 e. The van der Waals surface area contributed by atoms with Crippen LogP contribution in [0.1, 0.15) is 46.3 Å². The van der Waals surface area contributed by atoms with Crippen LogP contribution in [0.3, 0.4) is 0 Å². The number of nitrogens with zero attached hydrogens (tertiary/aromatic N) is 6. The molecule has 3 aromatic heterocycles. The lowest BCUT2D eigenvalue weighted by atomic mass is 9.95. The fraction of sp³-hybridized carbons (Fsp3) is 0.280. The number of hydrogen-bond donors (Lipinski definition) is 0. The van der Waals surface area contributed by atoms with Crippen LogP contribution in [-0.2, 0) is 6.54 Å². The molecular weight excluding hydrogens is 400 g/mol. The number of likely N-dealkylation sites (tertiary alicyclic amines) is 1. The van der Waals surface area contributed by atoms with Crippen LogP contribution in [-0.4, -0.2) is 48.2 Å². The molecule has 1 aromatic carbocycles. The monoisotopic (exact) mass is 426 g/mol. The minimum Gasteiger partial charge on any atom is -0.338 e. The molecule has 7 nitrogen and oxygen atoms in total. The Morgan fingerprint density at radius 3 is 2.53 bits per heavy atom. The van der Waals surface area contributed by atoms with Crippen LogP contribution in [0.4, 0.5) is 0 Å². The summed E-state index contributed by atoms with van der Waals surface area (Å²) in [6.45, 7) is 4.10. The van der Waals surface area contributed by atoms with E-state index in [1.165, 1.54) is 0 Å². The van der Waals surface area contributed by atoms with Gasteiger partial charge in [0.25, 0.3) is 5.91 Å². The van der Waals surface area contributed by atoms with Gasteiger partial charge in [0.15, 0.2) is 0 Å². The van der Waals surface area contributed by atoms with Gasteiger partial charge in [-0.3, -0.25) is 9.78 Å². The van der Waals surface area contributed by atoms with Crippen molar-refractivity contribution in [1.82, 2.24) is 29.2 Å². The van der Waals surface area contributed by atoms with Gasteiger partial charge in [-0.05, 0) is 44.0 Å². The molecule has 4 aromatic rings. The average molecular weight is 427 g/mol. The largest absolute Gasteiger partial charge is 0.338 e. The van der Waals surface area contributed by atoms with Crippen molar-refractivity contribution in [3.8, 4) is 5.69 Å². The molecule has 0 radical (unpaired) electrons. The predicted molar refractivity (Wildman–Crippen MR) is 122 cm³/mol. The fourth-order valence-corrected chi connectivity index (χ4v) is 4.44. The molecule has 0 N–H and O–H groups in total. The number of aromatic nitrogens is 5. The first-order valence-corrected chi connectivity index (χ1v) is 11.0. The van der Waals surface area contributed by atoms with E-state index in [4.69, 9.17) is 0 Å². The van der Waals surface area contributed by atoms with Crippen molar-refractivity contribution >= 4 is 5.91 Å². The lowest BCUT2D eigenvalue weighted by Gasteiger charge is -2.32. The highest BCUT2D eigenvalue weighted by molar-refractivity contribution is 5.95. The molecule has 0 aliphatic carbocycles. The molecule has 1 saturated heterocycles. The first kappa shape index (κ1) is 20.2. The van der Waals surface area contributed by atoms with Gasteiger partial charge in [-0.1, -0.05) is 24.3 Å². The molecule has 0 unspecified atom stereocenters. The average Bonchev–Trinajstić information content (AvgIpc) is 3.46. The SMILES string of the molecule is Cc1c(C(=O)N2CCC(c3nccn3Cc3ccccn3)CC2)cnn1-c1ccccc1. The van der Waals surface area contributed by atoms with Gasteiger partial charge in [0.05, 0.1) is 35.4 Å². The lowest BCUT2D eigenvalue weighted by molar-refractivity contribution is 0.0709. The van der Waals surface area contributed by atoms with E-state index < -0.39 is 0 Å². The van der Waals surface area contributed by atoms with Crippen molar-refractivity contribution in [3.05, 3.63) is 96.1 Å². The summed E-state index contributed by atoms with van der Waals surface area (Å²) in [5.41, 5.74) is 3.52. The quantitative estimate of drug-likeness (QED) is 0.486. The minimum atomic E-state index is 0.0555. The second-order valence-corrected chi connectivity index (χ2v) is 8.19. The predicted octanol–water partition coefficient (Wildman–Crippen LogP) is 3.84. The van der Waals surface area contributed by atoms with E-state index in [0.717, 1.165) is 48.8 Å². The molecule has 5 rings (SSSR count). The molecule has 7 heteroatoms. The van der Waals surface area contributed by atoms with Crippen molar-refractivity contribution in [2.45, 2.75) is 32.2 Å². The van der Waals surface area contributed by atoms with E-state index in [1.807, 2.05) is 83.6 Å². The summed E-state index contributed by atoms with van der Waals surface area (Å²) < 4.78 is 4.01. The summed E-state index contributed by atoms with van der Waals surface area (Å²) in [6, 6.07) is 15.9. The maximum absolute atomic E-state index is 13.2. The highest BCUT2D eigenvalue weighted by Crippen LogP contribution is 2.28. The topological polar surface area (TPSA) is 68.8 Å². The van der Waals surface area contributed by atoms with E-state index in [0.29, 0.717) is 18.0 Å². The number of hydrogen-bond acceptors (Lipinski definition) is 4. The van der Waals surface area contributed by atoms with Crippen molar-refractivity contribution in [3.63, 3.8) is 0 Å². The first-order chi connectivity index (χ1) is 15.7. The fourth-order valence-electron chi connectivity index (χ4n) is 4.44. The molecule has 1 amide bonds. The van der Waals surface area contributed by atoms with Crippen molar-refractivity contribution < 1.29 is 4.79 Å². The van der Waals surface area contributed by atoms with Crippen molar-refractivity contribution in [2.24, 2.45) is 0 Å². The van der Waals surface area contributed by atoms with Gasteiger partial charge in [-0.15, -0.1) is 0 Å². The van der Waals surface area contributed by atoms with E-state index in [1.54, 1.807) is 6.20 Å². The molecule has 1 aliphatic heterocycles. The van der Waals surface area contributed by atoms with Crippen molar-refractivity contribution in [1.29, 1.82) is 0 Å². The van der Waals surface area contributed by atoms with Crippen LogP contribution in [0.25, 0.3) is 5.69 Å². The number of carbonyl (C=O) groups excluding carboxylic acids is 1. The first-order valence-electron chi connectivity index (χ1n) is 11.0. The van der Waals surface area contributed by atoms with Gasteiger partial charge >= 0.3 is 0 Å². The summed E-state index contributed by atoms with van der Waals surface area (Å²) >= 11 is 0. The number of benzene rings is 1. The third kappa shape index (κ3) is 3.93. The van der Waals surface area contributed by atoms with Crippen LogP contribution in [0.15, 0.2) is 73.3 Å². The van der Waals surface area contributed by atoms with Gasteiger partial charge in [-0.25, -0.2) is 9.67 Å². The van der Waals surface area contributed by atoms with E-state index in [9.17, 15) is 4.79 Å². The number of carbonyl (C=O) groups is 1. The van der Waals surface area contributed by atoms with Crippen LogP contribution in [0.5, 0.6) is 0 Å². The molecule has 1 fully saturated rings. The van der Waals surface area contributed by atoms with Crippen LogP contribution in [0.2, 0.25) is 0 Å². The van der Waals surface area contributed by atoms with Gasteiger partial charge in [0, 0.05) is 37.6 Å². The molecule has 0 saturated carbocycles. The maximum atomic E-state index is 13.2. The second kappa shape index (κ2) is 8.78. The Kier molecular flexibility index (Phi) is 5.54. The summed E-state index contributed by atoms with van der Waals surface area (Å²) in [5.74, 6) is 1.47. The van der Waals surface area contributed by atoms with Crippen LogP contribution in [0, 0.1) is 6.92 Å². The zero-order valence-electron chi connectivity index (χ0n) is 18.1. The molecule has 1 aliphatic rings. The van der Waals surface area contributed by atoms with E-state index in [2.05, 4.69) is 19.6 Å². The highest BCUT2D eigenvalue weighted by atomic mass is 16.2. The van der Waals surface area contributed by atoms with Gasteiger partial charge in [0.2, 0.25) is 0 Å². The van der Waals surface area contributed by atoms with E-state index in [-0.39, 0.29) is 5.91 Å². The second-order valence-electron chi connectivity index (χ2n) is 8.19. The highest BCUT2D eigenvalue weighted by Gasteiger charge is 2.28. The van der Waals surface area contributed by atoms with Crippen molar-refractivity contribution in [2.75, 3.05) is 13.1 Å². The Bertz CT molecular complexity index is 1190. The minimum absolute atomic E-state index is 0.0555. The maximum Gasteiger partial charge on any atom is 0.257 e. The Morgan fingerprint density at radius 2 is 1.78 bits per heavy atom. The number of rotatable bonds is 5. The molecule has 0 atom stereocenters. The van der Waals surface area contributed by atoms with Crippen LogP contribution >= 0.6 is 0 Å². The molecule has 32 heavy (non-hydrogen) atoms. The third-order valence-electron chi connectivity index (χ3n) is 6.19. The number of imidazole rings is 1. The Balaban J connectivity index is 1.26. The molecule has 162 valence electrons. The normalized spacial score (nSPS) is 14.6. The van der Waals surface area contributed by atoms with Gasteiger partial charge < -0.3 is 9.47 Å². The molecular formula is C25H26N6O. The van der Waals surface area contributed by atoms with Gasteiger partial charge in [0.1, 0.15) is 5.82 Å². The summed E-state index contributed by atoms with van der Waals surface area (Å²) in [4.78, 5) is 24.2. The standard InChI is InChI=1S/C25H26N6O/c1-19-23(17-28-31(19)22-8-3-2-4-9-22)25(32)29-14-10-20(11-15-29)24-27-13-16-30(24)18-21-7-5-6-12-26-21/h2-9,12-13,16-17,20H,10-11,14-15,18H2,1H3. The summed E-state index contributed by atoms with van der Waals surface area (Å²) in [6.07, 6.45) is 9.18. The van der Waals surface area contributed by atoms with Gasteiger partial charge in [-0.2, -0.15) is 5.10 Å². The number of para-hydroxylation sites is 1. The number of piperidine rings is 1. The zero-order chi connectivity index (χ0) is 21.9. The van der Waals surface area contributed by atoms with Crippen LogP contribution < -0.4 is 0 Å². The zero-order valence-corrected chi connectivity index (χ0v) is 18.1.